The summed E-state index contributed by atoms with van der Waals surface area (Å²) in [4.78, 5) is 33.7. The third-order valence-corrected chi connectivity index (χ3v) is 11.0. The standard InChI is InChI=1S/C43H84N2O3/c1-8-12-16-20-24-28-34-44(35-29-25-21-17-13-9-2)41(46)40-43(7,33-32-39(48-40)38(5)6)42(47)45(36-30-26-22-18-14-10-3)37-31-27-23-19-15-11-4/h38-40H,8-37H2,1-7H3. The maximum absolute atomic E-state index is 14.8. The molecule has 3 unspecified atom stereocenters. The largest absolute Gasteiger partial charge is 0.364 e. The molecule has 0 aliphatic carbocycles. The van der Waals surface area contributed by atoms with Gasteiger partial charge in [-0.2, -0.15) is 0 Å². The SMILES string of the molecule is CCCCCCCCN(CCCCCCCC)C(=O)C1OC(C(C)C)CCC1(C)C(=O)N(CCCCCCCC)CCCCCCCC. The van der Waals surface area contributed by atoms with E-state index in [1.165, 1.54) is 128 Å². The summed E-state index contributed by atoms with van der Waals surface area (Å²) < 4.78 is 6.80. The van der Waals surface area contributed by atoms with Crippen LogP contribution in [0.15, 0.2) is 0 Å². The van der Waals surface area contributed by atoms with Crippen molar-refractivity contribution in [2.24, 2.45) is 11.3 Å². The lowest BCUT2D eigenvalue weighted by Gasteiger charge is -2.46. The summed E-state index contributed by atoms with van der Waals surface area (Å²) in [7, 11) is 0. The molecule has 284 valence electrons. The van der Waals surface area contributed by atoms with E-state index in [0.29, 0.717) is 5.92 Å². The Morgan fingerprint density at radius 2 is 0.896 bits per heavy atom. The molecule has 0 aromatic carbocycles. The third-order valence-electron chi connectivity index (χ3n) is 11.0. The van der Waals surface area contributed by atoms with Gasteiger partial charge in [-0.25, -0.2) is 0 Å². The molecule has 0 spiro atoms. The van der Waals surface area contributed by atoms with Gasteiger partial charge in [0.2, 0.25) is 5.91 Å². The zero-order valence-electron chi connectivity index (χ0n) is 33.6. The van der Waals surface area contributed by atoms with Gasteiger partial charge in [0.1, 0.15) is 0 Å². The number of nitrogens with zero attached hydrogens (tertiary/aromatic N) is 2. The van der Waals surface area contributed by atoms with Crippen LogP contribution < -0.4 is 0 Å². The second-order valence-corrected chi connectivity index (χ2v) is 15.9. The van der Waals surface area contributed by atoms with Crippen molar-refractivity contribution in [1.82, 2.24) is 9.80 Å². The quantitative estimate of drug-likeness (QED) is 0.0687. The number of hydrogen-bond acceptors (Lipinski definition) is 3. The lowest BCUT2D eigenvalue weighted by atomic mass is 9.73. The Morgan fingerprint density at radius 1 is 0.562 bits per heavy atom. The van der Waals surface area contributed by atoms with Crippen molar-refractivity contribution in [2.45, 2.75) is 228 Å². The molecule has 1 saturated heterocycles. The molecule has 5 heteroatoms. The second-order valence-electron chi connectivity index (χ2n) is 15.9. The van der Waals surface area contributed by atoms with Gasteiger partial charge in [-0.1, -0.05) is 170 Å². The van der Waals surface area contributed by atoms with E-state index in [0.717, 1.165) is 64.7 Å². The molecule has 0 N–H and O–H groups in total. The minimum absolute atomic E-state index is 0.0235. The van der Waals surface area contributed by atoms with Crippen LogP contribution in [-0.4, -0.2) is 60.0 Å². The summed E-state index contributed by atoms with van der Waals surface area (Å²) >= 11 is 0. The Kier molecular flexibility index (Phi) is 26.7. The number of rotatable bonds is 31. The van der Waals surface area contributed by atoms with Crippen molar-refractivity contribution >= 4 is 11.8 Å². The molecule has 0 radical (unpaired) electrons. The van der Waals surface area contributed by atoms with Crippen LogP contribution in [0, 0.1) is 11.3 Å². The molecule has 1 fully saturated rings. The average Bonchev–Trinajstić information content (AvgIpc) is 3.08. The van der Waals surface area contributed by atoms with Gasteiger partial charge >= 0.3 is 0 Å². The van der Waals surface area contributed by atoms with Gasteiger partial charge in [-0.3, -0.25) is 9.59 Å². The van der Waals surface area contributed by atoms with Gasteiger partial charge in [0, 0.05) is 26.2 Å². The van der Waals surface area contributed by atoms with Crippen molar-refractivity contribution in [3.8, 4) is 0 Å². The number of unbranched alkanes of at least 4 members (excludes halogenated alkanes) is 20. The summed E-state index contributed by atoms with van der Waals surface area (Å²) in [6.45, 7) is 18.7. The van der Waals surface area contributed by atoms with Gasteiger partial charge in [-0.15, -0.1) is 0 Å². The Morgan fingerprint density at radius 3 is 1.25 bits per heavy atom. The van der Waals surface area contributed by atoms with Crippen LogP contribution in [0.25, 0.3) is 0 Å². The van der Waals surface area contributed by atoms with Crippen LogP contribution in [-0.2, 0) is 14.3 Å². The maximum Gasteiger partial charge on any atom is 0.252 e. The van der Waals surface area contributed by atoms with E-state index in [9.17, 15) is 9.59 Å². The van der Waals surface area contributed by atoms with Gasteiger partial charge in [0.25, 0.3) is 5.91 Å². The molecule has 1 aliphatic heterocycles. The summed E-state index contributed by atoms with van der Waals surface area (Å²) in [6, 6.07) is 0. The Balaban J connectivity index is 3.17. The highest BCUT2D eigenvalue weighted by molar-refractivity contribution is 5.92. The first-order chi connectivity index (χ1) is 23.3. The normalized spacial score (nSPS) is 19.6. The summed E-state index contributed by atoms with van der Waals surface area (Å²) in [5.41, 5.74) is -0.812. The second kappa shape index (κ2) is 28.6. The van der Waals surface area contributed by atoms with Gasteiger partial charge in [-0.05, 0) is 51.4 Å². The van der Waals surface area contributed by atoms with Crippen LogP contribution in [0.1, 0.15) is 215 Å². The summed E-state index contributed by atoms with van der Waals surface area (Å²) in [6.07, 6.45) is 30.1. The number of ether oxygens (including phenoxy) is 1. The number of carbonyl (C=O) groups is 2. The van der Waals surface area contributed by atoms with Crippen LogP contribution >= 0.6 is 0 Å². The highest BCUT2D eigenvalue weighted by atomic mass is 16.5. The fourth-order valence-electron chi connectivity index (χ4n) is 7.51. The molecule has 1 rings (SSSR count). The first kappa shape index (κ1) is 44.9. The highest BCUT2D eigenvalue weighted by Crippen LogP contribution is 2.41. The van der Waals surface area contributed by atoms with E-state index in [2.05, 4.69) is 58.3 Å². The molecule has 3 atom stereocenters. The predicted octanol–water partition coefficient (Wildman–Crippen LogP) is 12.3. The summed E-state index contributed by atoms with van der Waals surface area (Å²) in [5.74, 6) is 0.578. The van der Waals surface area contributed by atoms with E-state index in [-0.39, 0.29) is 17.9 Å². The Labute approximate surface area is 300 Å². The topological polar surface area (TPSA) is 49.9 Å². The zero-order valence-corrected chi connectivity index (χ0v) is 33.6. The molecule has 1 heterocycles. The van der Waals surface area contributed by atoms with Crippen LogP contribution in [0.5, 0.6) is 0 Å². The molecular weight excluding hydrogens is 592 g/mol. The van der Waals surface area contributed by atoms with Gasteiger partial charge in [0.15, 0.2) is 6.10 Å². The Bertz CT molecular complexity index is 754. The van der Waals surface area contributed by atoms with Crippen LogP contribution in [0.4, 0.5) is 0 Å². The van der Waals surface area contributed by atoms with Gasteiger partial charge < -0.3 is 14.5 Å². The van der Waals surface area contributed by atoms with Gasteiger partial charge in [0.05, 0.1) is 11.5 Å². The fraction of sp³-hybridized carbons (Fsp3) is 0.953. The van der Waals surface area contributed by atoms with Crippen LogP contribution in [0.2, 0.25) is 0 Å². The number of hydrogen-bond donors (Lipinski definition) is 0. The molecule has 0 bridgehead atoms. The predicted molar refractivity (Wildman–Crippen MR) is 208 cm³/mol. The van der Waals surface area contributed by atoms with E-state index in [4.69, 9.17) is 4.74 Å². The van der Waals surface area contributed by atoms with Crippen molar-refractivity contribution in [1.29, 1.82) is 0 Å². The first-order valence-corrected chi connectivity index (χ1v) is 21.5. The smallest absolute Gasteiger partial charge is 0.252 e. The molecule has 0 saturated carbocycles. The molecule has 5 nitrogen and oxygen atoms in total. The molecule has 1 aliphatic rings. The average molecular weight is 677 g/mol. The van der Waals surface area contributed by atoms with Crippen molar-refractivity contribution in [2.75, 3.05) is 26.2 Å². The van der Waals surface area contributed by atoms with E-state index in [1.807, 2.05) is 0 Å². The van der Waals surface area contributed by atoms with E-state index < -0.39 is 11.5 Å². The zero-order chi connectivity index (χ0) is 35.5. The fourth-order valence-corrected chi connectivity index (χ4v) is 7.51. The molecule has 0 aromatic heterocycles. The maximum atomic E-state index is 14.8. The lowest BCUT2D eigenvalue weighted by Crippen LogP contribution is -2.60. The lowest BCUT2D eigenvalue weighted by molar-refractivity contribution is -0.187. The number of amides is 2. The molecule has 48 heavy (non-hydrogen) atoms. The molecule has 2 amide bonds. The first-order valence-electron chi connectivity index (χ1n) is 21.5. The van der Waals surface area contributed by atoms with Crippen LogP contribution in [0.3, 0.4) is 0 Å². The Hall–Kier alpha value is -1.10. The minimum Gasteiger partial charge on any atom is -0.364 e. The van der Waals surface area contributed by atoms with E-state index >= 15 is 0 Å². The van der Waals surface area contributed by atoms with Crippen molar-refractivity contribution < 1.29 is 14.3 Å². The van der Waals surface area contributed by atoms with E-state index in [1.54, 1.807) is 0 Å². The third kappa shape index (κ3) is 18.2. The molecular formula is C43H84N2O3. The number of carbonyl (C=O) groups excluding carboxylic acids is 2. The summed E-state index contributed by atoms with van der Waals surface area (Å²) in [5, 5.41) is 0. The minimum atomic E-state index is -0.812. The van der Waals surface area contributed by atoms with Crippen molar-refractivity contribution in [3.05, 3.63) is 0 Å². The highest BCUT2D eigenvalue weighted by Gasteiger charge is 2.52. The monoisotopic (exact) mass is 677 g/mol. The van der Waals surface area contributed by atoms with Crippen molar-refractivity contribution in [3.63, 3.8) is 0 Å². The molecule has 0 aromatic rings.